The zero-order valence-corrected chi connectivity index (χ0v) is 28.3. The van der Waals surface area contributed by atoms with Gasteiger partial charge in [0.1, 0.15) is 47.2 Å². The van der Waals surface area contributed by atoms with Crippen LogP contribution in [0.15, 0.2) is 64.2 Å². The topological polar surface area (TPSA) is 164 Å². The lowest BCUT2D eigenvalue weighted by molar-refractivity contribution is -0.267. The predicted molar refractivity (Wildman–Crippen MR) is 174 cm³/mol. The summed E-state index contributed by atoms with van der Waals surface area (Å²) in [6, 6.07) is 9.91. The molecule has 2 fully saturated rings. The molecule has 3 aliphatic rings. The van der Waals surface area contributed by atoms with Crippen molar-refractivity contribution in [1.82, 2.24) is 9.97 Å². The molecule has 3 aromatic rings. The Kier molecular flexibility index (Phi) is 9.12. The maximum atomic E-state index is 13.7. The van der Waals surface area contributed by atoms with Crippen LogP contribution < -0.4 is 10.4 Å². The Morgan fingerprint density at radius 2 is 1.78 bits per heavy atom. The van der Waals surface area contributed by atoms with Gasteiger partial charge in [-0.3, -0.25) is 14.6 Å². The lowest BCUT2D eigenvalue weighted by Crippen LogP contribution is -2.71. The molecule has 49 heavy (non-hydrogen) atoms. The number of aliphatic hydroxyl groups is 1. The summed E-state index contributed by atoms with van der Waals surface area (Å²) in [5.74, 6) is -2.44. The van der Waals surface area contributed by atoms with Gasteiger partial charge in [-0.2, -0.15) is 0 Å². The smallest absolute Gasteiger partial charge is 0.357 e. The minimum atomic E-state index is -1.39. The van der Waals surface area contributed by atoms with Crippen molar-refractivity contribution in [1.29, 1.82) is 0 Å². The monoisotopic (exact) mass is 674 g/mol. The average Bonchev–Trinajstić information content (AvgIpc) is 3.09. The molecule has 1 unspecified atom stereocenters. The van der Waals surface area contributed by atoms with Crippen molar-refractivity contribution < 1.29 is 42.9 Å². The second-order valence-corrected chi connectivity index (χ2v) is 13.9. The van der Waals surface area contributed by atoms with Crippen molar-refractivity contribution in [2.24, 2.45) is 22.7 Å². The van der Waals surface area contributed by atoms with E-state index in [9.17, 15) is 24.3 Å². The fourth-order valence-electron chi connectivity index (χ4n) is 8.63. The van der Waals surface area contributed by atoms with Crippen molar-refractivity contribution in [2.75, 3.05) is 6.61 Å². The van der Waals surface area contributed by atoms with Crippen LogP contribution in [0.5, 0.6) is 5.75 Å². The van der Waals surface area contributed by atoms with Gasteiger partial charge in [0.15, 0.2) is 0 Å². The first-order chi connectivity index (χ1) is 23.4. The highest BCUT2D eigenvalue weighted by molar-refractivity contribution is 5.87. The van der Waals surface area contributed by atoms with Crippen LogP contribution in [0, 0.1) is 22.7 Å². The summed E-state index contributed by atoms with van der Waals surface area (Å²) < 4.78 is 30.5. The van der Waals surface area contributed by atoms with E-state index in [1.165, 1.54) is 6.20 Å². The molecule has 1 aliphatic heterocycles. The molecule has 6 rings (SSSR count). The molecule has 3 aromatic heterocycles. The van der Waals surface area contributed by atoms with Crippen LogP contribution in [-0.2, 0) is 23.8 Å². The van der Waals surface area contributed by atoms with E-state index in [2.05, 4.69) is 9.97 Å². The van der Waals surface area contributed by atoms with Crippen molar-refractivity contribution in [3.8, 4) is 17.1 Å². The molecule has 0 saturated heterocycles. The van der Waals surface area contributed by atoms with E-state index in [-0.39, 0.29) is 48.6 Å². The van der Waals surface area contributed by atoms with Gasteiger partial charge in [0.25, 0.3) is 0 Å². The molecule has 12 heteroatoms. The predicted octanol–water partition coefficient (Wildman–Crippen LogP) is 5.22. The maximum absolute atomic E-state index is 13.7. The number of pyridine rings is 2. The number of rotatable bonds is 8. The van der Waals surface area contributed by atoms with Gasteiger partial charge in [-0.05, 0) is 61.8 Å². The first-order valence-electron chi connectivity index (χ1n) is 16.8. The van der Waals surface area contributed by atoms with Gasteiger partial charge in [0.05, 0.1) is 6.10 Å². The van der Waals surface area contributed by atoms with Crippen LogP contribution in [0.4, 0.5) is 0 Å². The third kappa shape index (κ3) is 5.89. The van der Waals surface area contributed by atoms with E-state index in [0.717, 1.165) is 0 Å². The number of nitrogens with zero attached hydrogens (tertiary/aromatic N) is 2. The van der Waals surface area contributed by atoms with Crippen molar-refractivity contribution >= 4 is 17.9 Å². The van der Waals surface area contributed by atoms with Gasteiger partial charge < -0.3 is 28.5 Å². The Morgan fingerprint density at radius 3 is 2.45 bits per heavy atom. The second kappa shape index (κ2) is 13.0. The van der Waals surface area contributed by atoms with E-state index >= 15 is 0 Å². The van der Waals surface area contributed by atoms with Crippen molar-refractivity contribution in [3.05, 3.63) is 76.7 Å². The highest BCUT2D eigenvalue weighted by atomic mass is 16.6. The van der Waals surface area contributed by atoms with Crippen LogP contribution in [-0.4, -0.2) is 57.4 Å². The van der Waals surface area contributed by atoms with E-state index < -0.39 is 70.1 Å². The lowest BCUT2D eigenvalue weighted by Gasteiger charge is -2.66. The SMILES string of the molecule is CCC(=O)OCC1(C)[C@@H](OC(=O)CC)CC[C@]2(C)[C@H]3[C@@H](O)c4c(cc(-c5cccnc5)oc4=O)O[C@]3(C)[C@@H](OC(=O)c3ccccn3)C[C@@H]12. The first-order valence-corrected chi connectivity index (χ1v) is 16.8. The number of aromatic nitrogens is 2. The molecule has 0 amide bonds. The maximum Gasteiger partial charge on any atom is 0.357 e. The molecule has 0 aromatic carbocycles. The van der Waals surface area contributed by atoms with Gasteiger partial charge >= 0.3 is 23.5 Å². The molecular formula is C37H42N2O10. The summed E-state index contributed by atoms with van der Waals surface area (Å²) in [7, 11) is 0. The third-order valence-electron chi connectivity index (χ3n) is 11.0. The molecule has 0 spiro atoms. The average molecular weight is 675 g/mol. The van der Waals surface area contributed by atoms with Crippen LogP contribution in [0.2, 0.25) is 0 Å². The number of carbonyl (C=O) groups excluding carboxylic acids is 3. The van der Waals surface area contributed by atoms with Gasteiger partial charge in [-0.15, -0.1) is 0 Å². The Bertz CT molecular complexity index is 1780. The molecule has 8 atom stereocenters. The van der Waals surface area contributed by atoms with Crippen molar-refractivity contribution in [2.45, 2.75) is 90.6 Å². The zero-order valence-electron chi connectivity index (χ0n) is 28.3. The molecule has 0 radical (unpaired) electrons. The normalized spacial score (nSPS) is 31.6. The van der Waals surface area contributed by atoms with Crippen LogP contribution >= 0.6 is 0 Å². The standard InChI is InChI=1S/C37H42N2O10/c1-6-28(40)45-20-36(4)25-18-27(48-33(43)22-12-8-9-16-39-22)37(5)32(35(25,3)14-13-26(36)47-29(41)7-2)31(42)30-24(49-37)17-23(46-34(30)44)21-11-10-15-38-19-21/h8-12,15-17,19,25-27,31-32,42H,6-7,13-14,18,20H2,1-5H3/t25-,26+,27+,31+,32-,35+,36?,37-/m1/s1. The largest absolute Gasteiger partial charge is 0.482 e. The highest BCUT2D eigenvalue weighted by Gasteiger charge is 2.71. The number of esters is 3. The summed E-state index contributed by atoms with van der Waals surface area (Å²) in [5.41, 5.74) is -3.28. The summed E-state index contributed by atoms with van der Waals surface area (Å²) in [6.07, 6.45) is 3.01. The molecule has 1 N–H and O–H groups in total. The number of ether oxygens (including phenoxy) is 4. The molecule has 2 aliphatic carbocycles. The molecule has 12 nitrogen and oxygen atoms in total. The van der Waals surface area contributed by atoms with E-state index in [4.69, 9.17) is 23.4 Å². The third-order valence-corrected chi connectivity index (χ3v) is 11.0. The van der Waals surface area contributed by atoms with Gasteiger partial charge in [0, 0.05) is 54.4 Å². The highest BCUT2D eigenvalue weighted by Crippen LogP contribution is 2.67. The minimum absolute atomic E-state index is 0.0366. The summed E-state index contributed by atoms with van der Waals surface area (Å²) in [6.45, 7) is 9.04. The van der Waals surface area contributed by atoms with E-state index in [0.29, 0.717) is 18.4 Å². The minimum Gasteiger partial charge on any atom is -0.482 e. The Morgan fingerprint density at radius 1 is 1.00 bits per heavy atom. The number of carbonyl (C=O) groups is 3. The molecule has 4 heterocycles. The summed E-state index contributed by atoms with van der Waals surface area (Å²) in [4.78, 5) is 60.8. The summed E-state index contributed by atoms with van der Waals surface area (Å²) >= 11 is 0. The van der Waals surface area contributed by atoms with Crippen molar-refractivity contribution in [3.63, 3.8) is 0 Å². The zero-order chi connectivity index (χ0) is 35.1. The fourth-order valence-corrected chi connectivity index (χ4v) is 8.63. The molecular weight excluding hydrogens is 632 g/mol. The quantitative estimate of drug-likeness (QED) is 0.245. The Balaban J connectivity index is 1.50. The first kappa shape index (κ1) is 34.3. The Labute approximate surface area is 284 Å². The molecule has 0 bridgehead atoms. The fraction of sp³-hybridized carbons (Fsp3) is 0.514. The van der Waals surface area contributed by atoms with Gasteiger partial charge in [0.2, 0.25) is 0 Å². The molecule has 260 valence electrons. The molecule has 2 saturated carbocycles. The number of hydrogen-bond acceptors (Lipinski definition) is 12. The van der Waals surface area contributed by atoms with Gasteiger partial charge in [-0.25, -0.2) is 14.6 Å². The number of fused-ring (bicyclic) bond motifs is 4. The van der Waals surface area contributed by atoms with E-state index in [1.807, 2.05) is 13.8 Å². The van der Waals surface area contributed by atoms with Crippen LogP contribution in [0.1, 0.15) is 88.9 Å². The van der Waals surface area contributed by atoms with Gasteiger partial charge in [-0.1, -0.05) is 33.8 Å². The summed E-state index contributed by atoms with van der Waals surface area (Å²) in [5, 5.41) is 12.3. The Hall–Kier alpha value is -4.58. The second-order valence-electron chi connectivity index (χ2n) is 13.9. The number of aliphatic hydroxyl groups excluding tert-OH is 1. The van der Waals surface area contributed by atoms with Crippen LogP contribution in [0.25, 0.3) is 11.3 Å². The lowest BCUT2D eigenvalue weighted by atomic mass is 9.42. The number of hydrogen-bond donors (Lipinski definition) is 1. The van der Waals surface area contributed by atoms with E-state index in [1.54, 1.807) is 69.6 Å². The van der Waals surface area contributed by atoms with Crippen LogP contribution in [0.3, 0.4) is 0 Å².